The fourth-order valence-electron chi connectivity index (χ4n) is 2.23. The Morgan fingerprint density at radius 3 is 1.35 bits per heavy atom. The van der Waals surface area contributed by atoms with Crippen molar-refractivity contribution in [3.8, 4) is 11.5 Å². The number of rotatable bonds is 4. The van der Waals surface area contributed by atoms with Crippen molar-refractivity contribution in [1.29, 1.82) is 0 Å². The van der Waals surface area contributed by atoms with Crippen LogP contribution in [0.15, 0.2) is 36.4 Å². The molecule has 0 saturated carbocycles. The summed E-state index contributed by atoms with van der Waals surface area (Å²) in [7, 11) is 0. The molecule has 0 aliphatic heterocycles. The summed E-state index contributed by atoms with van der Waals surface area (Å²) in [6, 6.07) is 10.8. The lowest BCUT2D eigenvalue weighted by Gasteiger charge is -2.20. The summed E-state index contributed by atoms with van der Waals surface area (Å²) in [5, 5.41) is 0.757. The van der Waals surface area contributed by atoms with Gasteiger partial charge in [-0.3, -0.25) is 0 Å². The summed E-state index contributed by atoms with van der Waals surface area (Å²) in [6.07, 6.45) is 0. The minimum atomic E-state index is -2.07. The Morgan fingerprint density at radius 1 is 0.731 bits per heavy atom. The monoisotopic (exact) mass is 414 g/mol. The molecule has 0 aromatic heterocycles. The lowest BCUT2D eigenvalue weighted by atomic mass is 9.87. The van der Waals surface area contributed by atoms with Gasteiger partial charge in [0.15, 0.2) is 11.5 Å². The van der Waals surface area contributed by atoms with Crippen LogP contribution in [0.1, 0.15) is 52.7 Å². The van der Waals surface area contributed by atoms with Crippen LogP contribution in [-0.4, -0.2) is 4.21 Å². The van der Waals surface area contributed by atoms with Crippen molar-refractivity contribution >= 4 is 34.6 Å². The highest BCUT2D eigenvalue weighted by Crippen LogP contribution is 2.34. The topological polar surface area (TPSA) is 35.5 Å². The average Bonchev–Trinajstić information content (AvgIpc) is 2.49. The van der Waals surface area contributed by atoms with Gasteiger partial charge in [0.05, 0.1) is 10.0 Å². The smallest absolute Gasteiger partial charge is 0.370 e. The Kier molecular flexibility index (Phi) is 6.32. The molecule has 2 aromatic carbocycles. The second-order valence-corrected chi connectivity index (χ2v) is 9.72. The van der Waals surface area contributed by atoms with E-state index in [1.807, 2.05) is 12.1 Å². The molecule has 142 valence electrons. The van der Waals surface area contributed by atoms with Crippen molar-refractivity contribution < 1.29 is 12.6 Å². The molecule has 0 aliphatic rings. The Hall–Kier alpha value is -1.23. The zero-order chi connectivity index (χ0) is 19.7. The summed E-state index contributed by atoms with van der Waals surface area (Å²) in [4.78, 5) is 0. The Balaban J connectivity index is 2.12. The quantitative estimate of drug-likeness (QED) is 0.563. The molecule has 0 radical (unpaired) electrons. The third-order valence-corrected chi connectivity index (χ3v) is 5.13. The number of hydrogen-bond acceptors (Lipinski definition) is 3. The Bertz CT molecular complexity index is 753. The summed E-state index contributed by atoms with van der Waals surface area (Å²) in [5.74, 6) is 0.584. The van der Waals surface area contributed by atoms with E-state index >= 15 is 0 Å². The van der Waals surface area contributed by atoms with Crippen molar-refractivity contribution in [3.63, 3.8) is 0 Å². The van der Waals surface area contributed by atoms with E-state index in [4.69, 9.17) is 31.6 Å². The van der Waals surface area contributed by atoms with E-state index in [2.05, 4.69) is 41.5 Å². The van der Waals surface area contributed by atoms with Crippen LogP contribution in [-0.2, 0) is 22.2 Å². The molecular weight excluding hydrogens is 391 g/mol. The number of hydrogen-bond donors (Lipinski definition) is 0. The van der Waals surface area contributed by atoms with E-state index in [0.29, 0.717) is 21.5 Å². The molecular formula is C20H24Cl2O3S. The molecule has 2 rings (SSSR count). The summed E-state index contributed by atoms with van der Waals surface area (Å²) in [5.41, 5.74) is 2.03. The number of benzene rings is 2. The first-order valence-corrected chi connectivity index (χ1v) is 10.0. The molecule has 0 aliphatic carbocycles. The van der Waals surface area contributed by atoms with E-state index in [9.17, 15) is 4.21 Å². The first-order chi connectivity index (χ1) is 11.9. The summed E-state index contributed by atoms with van der Waals surface area (Å²) < 4.78 is 22.9. The molecule has 0 fully saturated rings. The van der Waals surface area contributed by atoms with E-state index in [1.165, 1.54) is 0 Å². The maximum atomic E-state index is 12.2. The van der Waals surface area contributed by atoms with Crippen molar-refractivity contribution in [1.82, 2.24) is 0 Å². The minimum Gasteiger partial charge on any atom is -0.370 e. The van der Waals surface area contributed by atoms with Gasteiger partial charge < -0.3 is 8.37 Å². The molecule has 0 heterocycles. The molecule has 0 amide bonds. The third kappa shape index (κ3) is 5.38. The maximum absolute atomic E-state index is 12.2. The van der Waals surface area contributed by atoms with Gasteiger partial charge in [-0.2, -0.15) is 4.21 Å². The summed E-state index contributed by atoms with van der Waals surface area (Å²) in [6.45, 7) is 12.5. The molecule has 6 heteroatoms. The van der Waals surface area contributed by atoms with Gasteiger partial charge in [-0.25, -0.2) is 0 Å². The first kappa shape index (κ1) is 21.1. The van der Waals surface area contributed by atoms with Gasteiger partial charge in [-0.1, -0.05) is 76.9 Å². The van der Waals surface area contributed by atoms with Crippen LogP contribution in [0.25, 0.3) is 0 Å². The van der Waals surface area contributed by atoms with Crippen molar-refractivity contribution in [3.05, 3.63) is 57.6 Å². The second-order valence-electron chi connectivity index (χ2n) is 8.16. The van der Waals surface area contributed by atoms with Crippen LogP contribution >= 0.6 is 23.2 Å². The predicted octanol–water partition coefficient (Wildman–Crippen LogP) is 6.62. The molecule has 0 spiro atoms. The largest absolute Gasteiger partial charge is 0.417 e. The highest BCUT2D eigenvalue weighted by Gasteiger charge is 2.19. The van der Waals surface area contributed by atoms with Gasteiger partial charge in [0.1, 0.15) is 0 Å². The molecule has 0 atom stereocenters. The van der Waals surface area contributed by atoms with Crippen LogP contribution < -0.4 is 8.37 Å². The highest BCUT2D eigenvalue weighted by atomic mass is 35.5. The predicted molar refractivity (Wildman–Crippen MR) is 110 cm³/mol. The number of halogens is 2. The minimum absolute atomic E-state index is 0.0415. The SMILES string of the molecule is CC(C)(C)c1ccc(OS(=O)Oc2ccc(C(C)(C)C)cc2Cl)c(Cl)c1. The van der Waals surface area contributed by atoms with Crippen LogP contribution in [0.3, 0.4) is 0 Å². The zero-order valence-corrected chi connectivity index (χ0v) is 18.2. The summed E-state index contributed by atoms with van der Waals surface area (Å²) >= 11 is 10.4. The molecule has 0 N–H and O–H groups in total. The lowest BCUT2D eigenvalue weighted by molar-refractivity contribution is 0.461. The van der Waals surface area contributed by atoms with Gasteiger partial charge in [-0.15, -0.1) is 0 Å². The van der Waals surface area contributed by atoms with Crippen molar-refractivity contribution in [2.45, 2.75) is 52.4 Å². The molecule has 0 unspecified atom stereocenters. The van der Waals surface area contributed by atoms with Gasteiger partial charge in [0, 0.05) is 0 Å². The second kappa shape index (κ2) is 7.79. The fourth-order valence-corrected chi connectivity index (χ4v) is 3.38. The maximum Gasteiger partial charge on any atom is 0.417 e. The van der Waals surface area contributed by atoms with E-state index in [-0.39, 0.29) is 10.8 Å². The molecule has 26 heavy (non-hydrogen) atoms. The molecule has 0 bridgehead atoms. The van der Waals surface area contributed by atoms with Crippen LogP contribution in [0.5, 0.6) is 11.5 Å². The van der Waals surface area contributed by atoms with Gasteiger partial charge in [-0.05, 0) is 46.2 Å². The Morgan fingerprint density at radius 2 is 1.08 bits per heavy atom. The van der Waals surface area contributed by atoms with Gasteiger partial charge >= 0.3 is 11.4 Å². The zero-order valence-electron chi connectivity index (χ0n) is 15.9. The van der Waals surface area contributed by atoms with Crippen LogP contribution in [0.4, 0.5) is 0 Å². The first-order valence-electron chi connectivity index (χ1n) is 8.26. The highest BCUT2D eigenvalue weighted by molar-refractivity contribution is 7.76. The molecule has 3 nitrogen and oxygen atoms in total. The molecule has 0 saturated heterocycles. The third-order valence-electron chi connectivity index (χ3n) is 3.91. The van der Waals surface area contributed by atoms with E-state index in [1.54, 1.807) is 24.3 Å². The average molecular weight is 415 g/mol. The van der Waals surface area contributed by atoms with Crippen LogP contribution in [0, 0.1) is 0 Å². The van der Waals surface area contributed by atoms with E-state index < -0.39 is 11.4 Å². The standard InChI is InChI=1S/C20H24Cl2O3S/c1-19(2,3)13-7-9-17(15(21)11-13)24-26(23)25-18-10-8-14(12-16(18)22)20(4,5)6/h7-12H,1-6H3. The lowest BCUT2D eigenvalue weighted by Crippen LogP contribution is -2.13. The van der Waals surface area contributed by atoms with Gasteiger partial charge in [0.2, 0.25) is 0 Å². The van der Waals surface area contributed by atoms with Gasteiger partial charge in [0.25, 0.3) is 0 Å². The van der Waals surface area contributed by atoms with Crippen molar-refractivity contribution in [2.24, 2.45) is 0 Å². The fraction of sp³-hybridized carbons (Fsp3) is 0.400. The van der Waals surface area contributed by atoms with E-state index in [0.717, 1.165) is 11.1 Å². The van der Waals surface area contributed by atoms with Crippen LogP contribution in [0.2, 0.25) is 10.0 Å². The Labute approximate surface area is 168 Å². The molecule has 2 aromatic rings. The van der Waals surface area contributed by atoms with Crippen molar-refractivity contribution in [2.75, 3.05) is 0 Å². The normalized spacial score (nSPS) is 12.3.